The zero-order valence-corrected chi connectivity index (χ0v) is 12.6. The van der Waals surface area contributed by atoms with Crippen LogP contribution in [0.1, 0.15) is 43.0 Å². The Morgan fingerprint density at radius 2 is 1.68 bits per heavy atom. The van der Waals surface area contributed by atoms with Crippen LogP contribution in [0.5, 0.6) is 0 Å². The monoisotopic (exact) mass is 302 g/mol. The summed E-state index contributed by atoms with van der Waals surface area (Å²) in [6.07, 6.45) is 1.90. The van der Waals surface area contributed by atoms with E-state index in [2.05, 4.69) is 0 Å². The van der Waals surface area contributed by atoms with Gasteiger partial charge < -0.3 is 4.74 Å². The molecule has 0 amide bonds. The molecule has 0 aliphatic rings. The van der Waals surface area contributed by atoms with Crippen molar-refractivity contribution in [2.75, 3.05) is 6.61 Å². The van der Waals surface area contributed by atoms with Gasteiger partial charge in [0.1, 0.15) is 5.82 Å². The van der Waals surface area contributed by atoms with Gasteiger partial charge in [-0.05, 0) is 37.3 Å². The Balaban J connectivity index is 1.99. The van der Waals surface area contributed by atoms with E-state index < -0.39 is 0 Å². The van der Waals surface area contributed by atoms with Gasteiger partial charge >= 0.3 is 5.97 Å². The first kappa shape index (κ1) is 16.1. The second-order valence-electron chi connectivity index (χ2n) is 5.08. The van der Waals surface area contributed by atoms with Crippen molar-refractivity contribution in [2.24, 2.45) is 0 Å². The molecule has 0 aliphatic heterocycles. The molecule has 0 aliphatic carbocycles. The molecule has 22 heavy (non-hydrogen) atoms. The van der Waals surface area contributed by atoms with Crippen molar-refractivity contribution in [1.82, 2.24) is 0 Å². The van der Waals surface area contributed by atoms with Crippen LogP contribution in [-0.2, 0) is 9.53 Å². The van der Waals surface area contributed by atoms with Crippen LogP contribution in [-0.4, -0.2) is 18.4 Å². The largest absolute Gasteiger partial charge is 0.466 e. The summed E-state index contributed by atoms with van der Waals surface area (Å²) < 4.78 is 18.6. The lowest BCUT2D eigenvalue weighted by atomic mass is 9.98. The number of benzene rings is 2. The molecule has 0 N–H and O–H groups in total. The molecule has 4 heteroatoms. The SMILES string of the molecule is CCOC(=O)CCCCC(=O)c1ccc(F)c2ccccc12. The van der Waals surface area contributed by atoms with Crippen LogP contribution in [0.15, 0.2) is 36.4 Å². The van der Waals surface area contributed by atoms with Crippen LogP contribution in [0.25, 0.3) is 10.8 Å². The Hall–Kier alpha value is -2.23. The summed E-state index contributed by atoms with van der Waals surface area (Å²) in [5, 5.41) is 1.10. The molecule has 116 valence electrons. The number of ether oxygens (including phenoxy) is 1. The first-order valence-electron chi connectivity index (χ1n) is 7.49. The zero-order valence-electron chi connectivity index (χ0n) is 12.6. The lowest BCUT2D eigenvalue weighted by Gasteiger charge is -2.07. The Morgan fingerprint density at radius 1 is 1.00 bits per heavy atom. The van der Waals surface area contributed by atoms with Crippen molar-refractivity contribution in [3.63, 3.8) is 0 Å². The second-order valence-corrected chi connectivity index (χ2v) is 5.08. The fourth-order valence-electron chi connectivity index (χ4n) is 2.43. The third-order valence-corrected chi connectivity index (χ3v) is 3.51. The summed E-state index contributed by atoms with van der Waals surface area (Å²) in [6.45, 7) is 2.14. The molecule has 0 heterocycles. The first-order valence-corrected chi connectivity index (χ1v) is 7.49. The smallest absolute Gasteiger partial charge is 0.305 e. The van der Waals surface area contributed by atoms with Crippen LogP contribution < -0.4 is 0 Å². The number of Topliss-reactive ketones (excluding diaryl/α,β-unsaturated/α-hetero) is 1. The molecule has 0 bridgehead atoms. The van der Waals surface area contributed by atoms with Crippen molar-refractivity contribution in [2.45, 2.75) is 32.6 Å². The third kappa shape index (κ3) is 3.91. The predicted molar refractivity (Wildman–Crippen MR) is 83.3 cm³/mol. The third-order valence-electron chi connectivity index (χ3n) is 3.51. The lowest BCUT2D eigenvalue weighted by Crippen LogP contribution is -2.05. The topological polar surface area (TPSA) is 43.4 Å². The molecule has 2 aromatic rings. The molecule has 2 rings (SSSR count). The van der Waals surface area contributed by atoms with E-state index in [4.69, 9.17) is 4.74 Å². The number of hydrogen-bond donors (Lipinski definition) is 0. The van der Waals surface area contributed by atoms with Crippen molar-refractivity contribution < 1.29 is 18.7 Å². The number of esters is 1. The Labute approximate surface area is 129 Å². The van der Waals surface area contributed by atoms with Crippen LogP contribution in [0.4, 0.5) is 4.39 Å². The number of fused-ring (bicyclic) bond motifs is 1. The minimum Gasteiger partial charge on any atom is -0.466 e. The molecular formula is C18H19FO3. The molecule has 2 aromatic carbocycles. The highest BCUT2D eigenvalue weighted by atomic mass is 19.1. The Kier molecular flexibility index (Phi) is 5.64. The fraction of sp³-hybridized carbons (Fsp3) is 0.333. The van der Waals surface area contributed by atoms with E-state index in [0.29, 0.717) is 48.6 Å². The summed E-state index contributed by atoms with van der Waals surface area (Å²) in [6, 6.07) is 9.82. The van der Waals surface area contributed by atoms with Gasteiger partial charge in [-0.1, -0.05) is 24.3 Å². The Bertz CT molecular complexity index is 679. The van der Waals surface area contributed by atoms with E-state index in [1.807, 2.05) is 0 Å². The van der Waals surface area contributed by atoms with Gasteiger partial charge in [0.25, 0.3) is 0 Å². The first-order chi connectivity index (χ1) is 10.6. The minimum atomic E-state index is -0.325. The van der Waals surface area contributed by atoms with Gasteiger partial charge in [0, 0.05) is 23.8 Å². The summed E-state index contributed by atoms with van der Waals surface area (Å²) in [4.78, 5) is 23.5. The summed E-state index contributed by atoms with van der Waals surface area (Å²) in [7, 11) is 0. The second kappa shape index (κ2) is 7.69. The molecular weight excluding hydrogens is 283 g/mol. The van der Waals surface area contributed by atoms with Crippen molar-refractivity contribution in [3.8, 4) is 0 Å². The van der Waals surface area contributed by atoms with E-state index in [1.54, 1.807) is 31.2 Å². The van der Waals surface area contributed by atoms with Gasteiger partial charge in [0.2, 0.25) is 0 Å². The Morgan fingerprint density at radius 3 is 2.41 bits per heavy atom. The van der Waals surface area contributed by atoms with E-state index >= 15 is 0 Å². The van der Waals surface area contributed by atoms with E-state index in [0.717, 1.165) is 0 Å². The van der Waals surface area contributed by atoms with Gasteiger partial charge in [-0.2, -0.15) is 0 Å². The normalized spacial score (nSPS) is 10.6. The van der Waals surface area contributed by atoms with Crippen molar-refractivity contribution in [1.29, 1.82) is 0 Å². The van der Waals surface area contributed by atoms with Crippen molar-refractivity contribution >= 4 is 22.5 Å². The maximum atomic E-state index is 13.7. The molecule has 0 unspecified atom stereocenters. The zero-order chi connectivity index (χ0) is 15.9. The molecule has 0 fully saturated rings. The number of ketones is 1. The number of unbranched alkanes of at least 4 members (excludes halogenated alkanes) is 1. The highest BCUT2D eigenvalue weighted by Crippen LogP contribution is 2.23. The van der Waals surface area contributed by atoms with Gasteiger partial charge in [-0.3, -0.25) is 9.59 Å². The predicted octanol–water partition coefficient (Wildman–Crippen LogP) is 4.29. The molecule has 0 saturated carbocycles. The van der Waals surface area contributed by atoms with E-state index in [-0.39, 0.29) is 17.6 Å². The van der Waals surface area contributed by atoms with Gasteiger partial charge in [0.15, 0.2) is 5.78 Å². The summed E-state index contributed by atoms with van der Waals surface area (Å²) in [5.74, 6) is -0.586. The molecule has 0 atom stereocenters. The summed E-state index contributed by atoms with van der Waals surface area (Å²) in [5.41, 5.74) is 0.535. The minimum absolute atomic E-state index is 0.0277. The maximum Gasteiger partial charge on any atom is 0.305 e. The van der Waals surface area contributed by atoms with Gasteiger partial charge in [-0.15, -0.1) is 0 Å². The number of halogens is 1. The molecule has 3 nitrogen and oxygen atoms in total. The average Bonchev–Trinajstić information content (AvgIpc) is 2.52. The van der Waals surface area contributed by atoms with E-state index in [9.17, 15) is 14.0 Å². The number of rotatable bonds is 7. The average molecular weight is 302 g/mol. The molecule has 0 spiro atoms. The fourth-order valence-corrected chi connectivity index (χ4v) is 2.43. The number of carbonyl (C=O) groups excluding carboxylic acids is 2. The number of hydrogen-bond acceptors (Lipinski definition) is 3. The van der Waals surface area contributed by atoms with Gasteiger partial charge in [-0.25, -0.2) is 4.39 Å². The van der Waals surface area contributed by atoms with Crippen LogP contribution in [0, 0.1) is 5.82 Å². The standard InChI is InChI=1S/C18H19FO3/c1-2-22-18(21)10-6-5-9-17(20)15-11-12-16(19)14-8-4-3-7-13(14)15/h3-4,7-8,11-12H,2,5-6,9-10H2,1H3. The molecule has 0 aromatic heterocycles. The highest BCUT2D eigenvalue weighted by molar-refractivity contribution is 6.08. The maximum absolute atomic E-state index is 13.7. The quantitative estimate of drug-likeness (QED) is 0.435. The highest BCUT2D eigenvalue weighted by Gasteiger charge is 2.12. The van der Waals surface area contributed by atoms with Crippen LogP contribution in [0.2, 0.25) is 0 Å². The van der Waals surface area contributed by atoms with Crippen LogP contribution >= 0.6 is 0 Å². The lowest BCUT2D eigenvalue weighted by molar-refractivity contribution is -0.143. The number of carbonyl (C=O) groups is 2. The summed E-state index contributed by atoms with van der Waals surface area (Å²) >= 11 is 0. The van der Waals surface area contributed by atoms with Crippen LogP contribution in [0.3, 0.4) is 0 Å². The molecule has 0 radical (unpaired) electrons. The van der Waals surface area contributed by atoms with Crippen molar-refractivity contribution in [3.05, 3.63) is 47.8 Å². The molecule has 0 saturated heterocycles. The van der Waals surface area contributed by atoms with E-state index in [1.165, 1.54) is 12.1 Å². The van der Waals surface area contributed by atoms with Gasteiger partial charge in [0.05, 0.1) is 6.61 Å².